The number of nitrogens with one attached hydrogen (secondary N) is 2. The Balaban J connectivity index is 1.70. The number of aromatic nitrogens is 1. The molecule has 1 atom stereocenters. The van der Waals surface area contributed by atoms with Crippen molar-refractivity contribution in [2.24, 2.45) is 5.92 Å². The molecule has 3 rings (SSSR count). The summed E-state index contributed by atoms with van der Waals surface area (Å²) in [6, 6.07) is 0. The molecular weight excluding hydrogens is 363 g/mol. The van der Waals surface area contributed by atoms with Crippen molar-refractivity contribution in [3.05, 3.63) is 46.1 Å². The number of ether oxygens (including phenoxy) is 2. The molecule has 7 heteroatoms. The maximum absolute atomic E-state index is 12.6. The van der Waals surface area contributed by atoms with Gasteiger partial charge in [-0.15, -0.1) is 0 Å². The molecule has 0 radical (unpaired) electrons. The average Bonchev–Trinajstić information content (AvgIpc) is 3.11. The van der Waals surface area contributed by atoms with Gasteiger partial charge >= 0.3 is 0 Å². The maximum Gasteiger partial charge on any atom is 0.231 e. The second kappa shape index (κ2) is 8.11. The Hall–Kier alpha value is -1.72. The number of H-pyrrole nitrogens is 1. The van der Waals surface area contributed by atoms with Crippen LogP contribution in [-0.4, -0.2) is 19.1 Å². The molecule has 0 spiro atoms. The molecule has 25 heavy (non-hydrogen) atoms. The van der Waals surface area contributed by atoms with Crippen molar-refractivity contribution in [1.82, 2.24) is 0 Å². The molecule has 1 amide bonds. The van der Waals surface area contributed by atoms with Crippen LogP contribution in [0.15, 0.2) is 36.1 Å². The first-order chi connectivity index (χ1) is 12.1. The molecule has 5 nitrogen and oxygen atoms in total. The van der Waals surface area contributed by atoms with Crippen LogP contribution >= 0.6 is 23.2 Å². The van der Waals surface area contributed by atoms with Crippen LogP contribution in [-0.2, 0) is 14.3 Å². The number of allylic oxidation sites excluding steroid dienone is 2. The first kappa shape index (κ1) is 18.1. The third-order valence-corrected chi connectivity index (χ3v) is 5.07. The maximum atomic E-state index is 12.6. The van der Waals surface area contributed by atoms with E-state index in [4.69, 9.17) is 32.7 Å². The zero-order valence-electron chi connectivity index (χ0n) is 14.0. The number of aromatic amines is 1. The van der Waals surface area contributed by atoms with E-state index in [2.05, 4.69) is 10.3 Å². The van der Waals surface area contributed by atoms with Gasteiger partial charge in [0, 0.05) is 6.42 Å². The van der Waals surface area contributed by atoms with Gasteiger partial charge in [-0.25, -0.2) is 4.98 Å². The van der Waals surface area contributed by atoms with E-state index in [0.717, 1.165) is 18.6 Å². The minimum atomic E-state index is -0.369. The van der Waals surface area contributed by atoms with Gasteiger partial charge in [-0.2, -0.15) is 0 Å². The first-order valence-electron chi connectivity index (χ1n) is 8.36. The van der Waals surface area contributed by atoms with Gasteiger partial charge in [-0.3, -0.25) is 4.79 Å². The number of carbonyl (C=O) groups excluding carboxylic acids is 1. The number of hydrogen-bond acceptors (Lipinski definition) is 3. The van der Waals surface area contributed by atoms with Crippen LogP contribution in [0.25, 0.3) is 0 Å². The van der Waals surface area contributed by atoms with E-state index in [1.54, 1.807) is 25.6 Å². The normalized spacial score (nSPS) is 20.7. The lowest BCUT2D eigenvalue weighted by Gasteiger charge is -2.24. The quantitative estimate of drug-likeness (QED) is 0.830. The van der Waals surface area contributed by atoms with E-state index < -0.39 is 0 Å². The summed E-state index contributed by atoms with van der Waals surface area (Å²) in [7, 11) is 1.61. The summed E-state index contributed by atoms with van der Waals surface area (Å²) >= 11 is 12.2. The van der Waals surface area contributed by atoms with E-state index in [0.29, 0.717) is 27.9 Å². The zero-order chi connectivity index (χ0) is 17.8. The summed E-state index contributed by atoms with van der Waals surface area (Å²) in [5, 5.41) is 3.52. The molecule has 0 bridgehead atoms. The summed E-state index contributed by atoms with van der Waals surface area (Å²) in [4.78, 5) is 15.5. The SMILES string of the molecule is COC1=C(OC2CCCC2)CC(C(=O)Nc2c(Cl)c[nH+]cc2Cl)C=C1. The first-order valence-corrected chi connectivity index (χ1v) is 9.12. The lowest BCUT2D eigenvalue weighted by Crippen LogP contribution is -2.25. The van der Waals surface area contributed by atoms with Crippen molar-refractivity contribution in [3.63, 3.8) is 0 Å². The fraction of sp³-hybridized carbons (Fsp3) is 0.444. The summed E-state index contributed by atoms with van der Waals surface area (Å²) in [6.07, 6.45) is 11.9. The van der Waals surface area contributed by atoms with E-state index >= 15 is 0 Å². The molecule has 0 aliphatic heterocycles. The van der Waals surface area contributed by atoms with Gasteiger partial charge in [0.25, 0.3) is 0 Å². The lowest BCUT2D eigenvalue weighted by atomic mass is 9.97. The Morgan fingerprint density at radius 3 is 2.56 bits per heavy atom. The zero-order valence-corrected chi connectivity index (χ0v) is 15.5. The van der Waals surface area contributed by atoms with Crippen molar-refractivity contribution < 1.29 is 19.3 Å². The third kappa shape index (κ3) is 4.28. The summed E-state index contributed by atoms with van der Waals surface area (Å²) < 4.78 is 11.5. The van der Waals surface area contributed by atoms with Crippen molar-refractivity contribution in [2.45, 2.75) is 38.2 Å². The van der Waals surface area contributed by atoms with Gasteiger partial charge in [0.05, 0.1) is 24.8 Å². The van der Waals surface area contributed by atoms with Gasteiger partial charge in [0.1, 0.15) is 15.8 Å². The smallest absolute Gasteiger partial charge is 0.231 e. The summed E-state index contributed by atoms with van der Waals surface area (Å²) in [5.41, 5.74) is 0.403. The van der Waals surface area contributed by atoms with Crippen LogP contribution in [0.2, 0.25) is 10.0 Å². The largest absolute Gasteiger partial charge is 0.493 e. The molecule has 2 N–H and O–H groups in total. The number of amides is 1. The fourth-order valence-electron chi connectivity index (χ4n) is 3.12. The number of methoxy groups -OCH3 is 1. The predicted octanol–water partition coefficient (Wildman–Crippen LogP) is 4.14. The molecule has 2 aliphatic carbocycles. The average molecular weight is 384 g/mol. The molecule has 134 valence electrons. The number of halogens is 2. The van der Waals surface area contributed by atoms with Crippen LogP contribution < -0.4 is 10.3 Å². The Kier molecular flexibility index (Phi) is 5.86. The molecule has 1 aromatic rings. The third-order valence-electron chi connectivity index (χ3n) is 4.47. The van der Waals surface area contributed by atoms with Crippen LogP contribution in [0, 0.1) is 5.92 Å². The molecule has 2 aliphatic rings. The van der Waals surface area contributed by atoms with Gasteiger partial charge in [0.15, 0.2) is 18.2 Å². The van der Waals surface area contributed by atoms with E-state index in [1.807, 2.05) is 6.08 Å². The predicted molar refractivity (Wildman–Crippen MR) is 96.3 cm³/mol. The van der Waals surface area contributed by atoms with Crippen LogP contribution in [0.1, 0.15) is 32.1 Å². The highest BCUT2D eigenvalue weighted by molar-refractivity contribution is 6.39. The van der Waals surface area contributed by atoms with Gasteiger partial charge < -0.3 is 14.8 Å². The Bertz CT molecular complexity index is 692. The second-order valence-corrected chi connectivity index (χ2v) is 7.02. The second-order valence-electron chi connectivity index (χ2n) is 6.20. The molecule has 1 heterocycles. The molecule has 0 aromatic carbocycles. The molecule has 1 aromatic heterocycles. The highest BCUT2D eigenvalue weighted by Crippen LogP contribution is 2.33. The summed E-state index contributed by atoms with van der Waals surface area (Å²) in [5.74, 6) is 0.859. The summed E-state index contributed by atoms with van der Waals surface area (Å²) in [6.45, 7) is 0. The highest BCUT2D eigenvalue weighted by atomic mass is 35.5. The molecule has 0 saturated heterocycles. The van der Waals surface area contributed by atoms with Crippen molar-refractivity contribution in [1.29, 1.82) is 0 Å². The lowest BCUT2D eigenvalue weighted by molar-refractivity contribution is -0.377. The molecule has 1 unspecified atom stereocenters. The van der Waals surface area contributed by atoms with E-state index in [1.165, 1.54) is 12.8 Å². The van der Waals surface area contributed by atoms with E-state index in [9.17, 15) is 4.79 Å². The van der Waals surface area contributed by atoms with Crippen LogP contribution in [0.5, 0.6) is 0 Å². The Labute approximate surface area is 157 Å². The number of pyridine rings is 1. The number of anilines is 1. The van der Waals surface area contributed by atoms with Gasteiger partial charge in [0.2, 0.25) is 5.91 Å². The van der Waals surface area contributed by atoms with Crippen molar-refractivity contribution in [3.8, 4) is 0 Å². The molecule has 1 fully saturated rings. The van der Waals surface area contributed by atoms with Crippen molar-refractivity contribution in [2.75, 3.05) is 12.4 Å². The monoisotopic (exact) mass is 383 g/mol. The fourth-order valence-corrected chi connectivity index (χ4v) is 3.59. The molecular formula is C18H21Cl2N2O3+. The number of carbonyl (C=O) groups is 1. The van der Waals surface area contributed by atoms with E-state index in [-0.39, 0.29) is 17.9 Å². The van der Waals surface area contributed by atoms with Gasteiger partial charge in [-0.1, -0.05) is 29.3 Å². The van der Waals surface area contributed by atoms with Gasteiger partial charge in [-0.05, 0) is 31.8 Å². The standard InChI is InChI=1S/C18H20Cl2N2O3/c1-24-15-7-6-11(8-16(15)25-12-4-2-3-5-12)18(23)22-17-13(19)9-21-10-14(17)20/h6-7,9-12H,2-5,8H2,1H3,(H,21,22,23)/p+1. The minimum Gasteiger partial charge on any atom is -0.493 e. The van der Waals surface area contributed by atoms with Crippen LogP contribution in [0.4, 0.5) is 5.69 Å². The number of rotatable bonds is 5. The van der Waals surface area contributed by atoms with Crippen LogP contribution in [0.3, 0.4) is 0 Å². The number of hydrogen-bond donors (Lipinski definition) is 1. The Morgan fingerprint density at radius 2 is 1.92 bits per heavy atom. The highest BCUT2D eigenvalue weighted by Gasteiger charge is 2.28. The van der Waals surface area contributed by atoms with Crippen molar-refractivity contribution >= 4 is 34.8 Å². The topological polar surface area (TPSA) is 61.7 Å². The molecule has 1 saturated carbocycles. The minimum absolute atomic E-state index is 0.186. The Morgan fingerprint density at radius 1 is 1.24 bits per heavy atom.